The molecule has 0 bridgehead atoms. The number of hydrogen-bond donors (Lipinski definition) is 0. The fourth-order valence-electron chi connectivity index (χ4n) is 1.93. The molecule has 0 saturated heterocycles. The Bertz CT molecular complexity index is 632. The Labute approximate surface area is 160 Å². The van der Waals surface area contributed by atoms with Crippen LogP contribution in [0.2, 0.25) is 5.02 Å². The number of rotatable bonds is 0. The average molecular weight is 725 g/mol. The monoisotopic (exact) mass is 725 g/mol. The van der Waals surface area contributed by atoms with Crippen LogP contribution in [0.15, 0.2) is 34.5 Å². The number of halogens is 5. The summed E-state index contributed by atoms with van der Waals surface area (Å²) in [6, 6.07) is 7.81. The van der Waals surface area contributed by atoms with Gasteiger partial charge in [0.25, 0.3) is 5.52 Å². The third-order valence-corrected chi connectivity index (χ3v) is 3.73. The van der Waals surface area contributed by atoms with E-state index in [9.17, 15) is 0 Å². The molecule has 0 spiro atoms. The van der Waals surface area contributed by atoms with Gasteiger partial charge in [-0.3, -0.25) is 0 Å². The van der Waals surface area contributed by atoms with Crippen LogP contribution in [0.4, 0.5) is 0 Å². The first-order valence-corrected chi connectivity index (χ1v) is 19.3. The van der Waals surface area contributed by atoms with E-state index in [1.54, 1.807) is 0 Å². The molecule has 0 atom stereocenters. The van der Waals surface area contributed by atoms with Crippen molar-refractivity contribution in [2.45, 2.75) is 0 Å². The zero-order valence-electron chi connectivity index (χ0n) is 9.42. The van der Waals surface area contributed by atoms with Crippen LogP contribution >= 0.6 is 71.4 Å². The summed E-state index contributed by atoms with van der Waals surface area (Å²) >= 11 is 13.7. The van der Waals surface area contributed by atoms with Gasteiger partial charge in [-0.15, -0.1) is 0 Å². The summed E-state index contributed by atoms with van der Waals surface area (Å²) in [6.07, 6.45) is 2.04. The van der Waals surface area contributed by atoms with Gasteiger partial charge in [0.1, 0.15) is 0 Å². The summed E-state index contributed by atoms with van der Waals surface area (Å²) in [7, 11) is 0. The maximum atomic E-state index is 6.18. The predicted octanol–water partition coefficient (Wildman–Crippen LogP) is 2.18. The van der Waals surface area contributed by atoms with Crippen molar-refractivity contribution in [2.24, 2.45) is 0 Å². The molecule has 7 heteroatoms. The molecule has 0 aliphatic carbocycles. The van der Waals surface area contributed by atoms with Gasteiger partial charge in [0.15, 0.2) is 18.6 Å². The van der Waals surface area contributed by atoms with Gasteiger partial charge in [-0.25, -0.2) is 0 Å². The van der Waals surface area contributed by atoms with E-state index in [2.05, 4.69) is 64.4 Å². The molecule has 1 aromatic carbocycles. The Morgan fingerprint density at radius 2 is 2.05 bits per heavy atom. The molecule has 0 unspecified atom stereocenters. The fraction of sp³-hybridized carbons (Fsp3) is 0.0833. The zero-order chi connectivity index (χ0) is 13.8. The minimum absolute atomic E-state index is 0.530. The molecule has 2 nitrogen and oxygen atoms in total. The van der Waals surface area contributed by atoms with Crippen LogP contribution in [0.5, 0.6) is 5.75 Å². The van der Waals surface area contributed by atoms with Crippen molar-refractivity contribution in [2.75, 3.05) is 6.61 Å². The third-order valence-electron chi connectivity index (χ3n) is 2.68. The summed E-state index contributed by atoms with van der Waals surface area (Å²) in [4.78, 5) is 0. The van der Waals surface area contributed by atoms with Gasteiger partial charge in [-0.1, -0.05) is 11.6 Å². The molecule has 102 valence electrons. The van der Waals surface area contributed by atoms with Crippen molar-refractivity contribution in [3.05, 3.63) is 39.6 Å². The molecule has 0 N–H and O–H groups in total. The van der Waals surface area contributed by atoms with E-state index in [0.29, 0.717) is 19.9 Å². The van der Waals surface area contributed by atoms with Crippen molar-refractivity contribution in [1.29, 1.82) is 0 Å². The van der Waals surface area contributed by atoms with Gasteiger partial charge in [0.2, 0.25) is 5.70 Å². The van der Waals surface area contributed by atoms with Gasteiger partial charge >= 0.3 is 50.5 Å². The third kappa shape index (κ3) is 3.77. The molecule has 0 saturated carbocycles. The van der Waals surface area contributed by atoms with Crippen LogP contribution < -0.4 is 22.6 Å². The van der Waals surface area contributed by atoms with Gasteiger partial charge in [0.05, 0.1) is 10.4 Å². The number of nitrogens with zero attached hydrogens (tertiary/aromatic N) is 1. The van der Waals surface area contributed by atoms with Gasteiger partial charge in [0, 0.05) is 10.1 Å². The van der Waals surface area contributed by atoms with E-state index in [1.807, 2.05) is 34.5 Å². The van der Waals surface area contributed by atoms with Crippen molar-refractivity contribution < 1.29 is 22.6 Å². The molecule has 2 heterocycles. The van der Waals surface area contributed by atoms with Gasteiger partial charge < -0.3 is 4.74 Å². The molecule has 2 aromatic rings. The first-order chi connectivity index (χ1) is 9.22. The second kappa shape index (κ2) is 8.13. The second-order valence-electron chi connectivity index (χ2n) is 3.63. The maximum absolute atomic E-state index is 6.18. The molecule has 0 fully saturated rings. The van der Waals surface area contributed by atoms with Gasteiger partial charge in [-0.05, 0) is 40.8 Å². The molecular formula is C12H8ClI4NO. The van der Waals surface area contributed by atoms with E-state index >= 15 is 0 Å². The van der Waals surface area contributed by atoms with Crippen LogP contribution in [0, 0.1) is 0 Å². The first kappa shape index (κ1) is 16.7. The summed E-state index contributed by atoms with van der Waals surface area (Å²) in [6.45, 7) is 0.599. The number of pyridine rings is 1. The first-order valence-electron chi connectivity index (χ1n) is 5.15. The van der Waals surface area contributed by atoms with E-state index < -0.39 is 0 Å². The SMILES string of the molecule is Clc1ccc2c3c1ccc[n+]3/C(=C/I)CO2.I[I-]I. The predicted molar refractivity (Wildman–Crippen MR) is 101 cm³/mol. The molecular weight excluding hydrogens is 717 g/mol. The zero-order valence-corrected chi connectivity index (χ0v) is 18.8. The second-order valence-corrected chi connectivity index (χ2v) is 20.9. The molecule has 0 amide bonds. The summed E-state index contributed by atoms with van der Waals surface area (Å²) in [5.41, 5.74) is 2.17. The Balaban J connectivity index is 0.000000408. The van der Waals surface area contributed by atoms with Gasteiger partial charge in [-0.2, -0.15) is 4.57 Å². The van der Waals surface area contributed by atoms with E-state index in [0.717, 1.165) is 27.4 Å². The van der Waals surface area contributed by atoms with E-state index in [-0.39, 0.29) is 0 Å². The molecule has 3 rings (SSSR count). The fourth-order valence-corrected chi connectivity index (χ4v) is 2.63. The Hall–Kier alpha value is 1.38. The van der Waals surface area contributed by atoms with Crippen LogP contribution in [0.1, 0.15) is 0 Å². The molecule has 0 radical (unpaired) electrons. The van der Waals surface area contributed by atoms with Crippen molar-refractivity contribution >= 4 is 88.0 Å². The summed E-state index contributed by atoms with van der Waals surface area (Å²) < 4.78 is 9.86. The summed E-state index contributed by atoms with van der Waals surface area (Å²) in [5, 5.41) is 1.78. The molecule has 19 heavy (non-hydrogen) atoms. The van der Waals surface area contributed by atoms with Crippen LogP contribution in [0.25, 0.3) is 16.6 Å². The molecule has 1 aliphatic heterocycles. The Morgan fingerprint density at radius 3 is 2.74 bits per heavy atom. The van der Waals surface area contributed by atoms with Crippen molar-refractivity contribution in [3.8, 4) is 5.75 Å². The minimum atomic E-state index is 0.530. The standard InChI is InChI=1S/C12H8ClINO.I3/c13-10-3-4-11-12-9(10)2-1-5-15(12)8(6-14)7-16-11;1-3-2/h1-6H,7H2;/q+1;-1/b8-6+;. The van der Waals surface area contributed by atoms with Crippen LogP contribution in [-0.2, 0) is 0 Å². The van der Waals surface area contributed by atoms with E-state index in [1.165, 1.54) is 0 Å². The number of aromatic nitrogens is 1. The number of hydrogen-bond acceptors (Lipinski definition) is 1. The van der Waals surface area contributed by atoms with E-state index in [4.69, 9.17) is 16.3 Å². The Kier molecular flexibility index (Phi) is 7.16. The summed E-state index contributed by atoms with van der Waals surface area (Å²) in [5.74, 6) is 0.891. The van der Waals surface area contributed by atoms with Crippen molar-refractivity contribution in [3.63, 3.8) is 0 Å². The quantitative estimate of drug-likeness (QED) is 0.300. The Morgan fingerprint density at radius 1 is 1.32 bits per heavy atom. The topological polar surface area (TPSA) is 13.1 Å². The molecule has 1 aromatic heterocycles. The molecule has 1 aliphatic rings. The van der Waals surface area contributed by atoms with Crippen LogP contribution in [-0.4, -0.2) is 6.61 Å². The number of benzene rings is 1. The average Bonchev–Trinajstić information content (AvgIpc) is 2.44. The van der Waals surface area contributed by atoms with Crippen LogP contribution in [0.3, 0.4) is 0 Å². The normalized spacial score (nSPS) is 15.1. The van der Waals surface area contributed by atoms with Crippen molar-refractivity contribution in [1.82, 2.24) is 0 Å². The number of ether oxygens (including phenoxy) is 1.